The fourth-order valence-electron chi connectivity index (χ4n) is 10.5. The molecule has 0 bridgehead atoms. The van der Waals surface area contributed by atoms with Crippen LogP contribution in [0.3, 0.4) is 0 Å². The predicted octanol–water partition coefficient (Wildman–Crippen LogP) is 8.19. The number of anilines is 1. The number of methoxy groups -OCH3 is 2. The van der Waals surface area contributed by atoms with Crippen molar-refractivity contribution in [2.45, 2.75) is 88.6 Å². The van der Waals surface area contributed by atoms with Gasteiger partial charge in [0.2, 0.25) is 11.4 Å². The van der Waals surface area contributed by atoms with Crippen LogP contribution in [0, 0.1) is 0 Å². The molecule has 10 rings (SSSR count). The molecular weight excluding hydrogens is 1280 g/mol. The predicted molar refractivity (Wildman–Crippen MR) is 342 cm³/mol. The third-order valence-corrected chi connectivity index (χ3v) is 17.8. The maximum Gasteiger partial charge on any atom is 0.413 e. The molecule has 4 heterocycles. The van der Waals surface area contributed by atoms with Gasteiger partial charge in [-0.3, -0.25) is 29.0 Å². The Morgan fingerprint density at radius 2 is 1.49 bits per heavy atom. The third kappa shape index (κ3) is 16.4. The molecule has 5 N–H and O–H groups in total. The Labute approximate surface area is 550 Å². The molecule has 494 valence electrons. The van der Waals surface area contributed by atoms with Crippen molar-refractivity contribution in [3.05, 3.63) is 183 Å². The van der Waals surface area contributed by atoms with Gasteiger partial charge in [-0.2, -0.15) is 8.42 Å². The van der Waals surface area contributed by atoms with E-state index in [1.807, 2.05) is 67.7 Å². The second kappa shape index (κ2) is 28.7. The van der Waals surface area contributed by atoms with E-state index < -0.39 is 87.6 Å². The van der Waals surface area contributed by atoms with E-state index in [1.54, 1.807) is 95.7 Å². The Balaban J connectivity index is 0.772. The Morgan fingerprint density at radius 1 is 0.862 bits per heavy atom. The van der Waals surface area contributed by atoms with Gasteiger partial charge in [0.1, 0.15) is 42.0 Å². The number of hydrogen-bond acceptors (Lipinski definition) is 20. The molecule has 1 aliphatic carbocycles. The highest BCUT2D eigenvalue weighted by molar-refractivity contribution is 7.84. The highest BCUT2D eigenvalue weighted by Gasteiger charge is 2.57. The van der Waals surface area contributed by atoms with Gasteiger partial charge in [-0.05, 0) is 79.4 Å². The SMILES string of the molecule is COc1ccc(COc2ccc(C(=O)NCC[N+]3(C)CC[C@@H](c4cc(C(=O)NC[C@@H]5[C@H](NC(=O)/C(=N\OC6(C(=O)OC(c7ccccc7)c7ccccc7)CC6)c6csc(NC(=O)OC(C)(C)C)n6)C(=O)N5S(=O)(=O)O)on4)C3)c(Cl)c2OCc2ccc(OC)cc2)cc1. The van der Waals surface area contributed by atoms with Crippen LogP contribution in [0.25, 0.3) is 0 Å². The van der Waals surface area contributed by atoms with Crippen LogP contribution in [0.1, 0.15) is 107 Å². The largest absolute Gasteiger partial charge is 0.497 e. The van der Waals surface area contributed by atoms with Crippen LogP contribution in [0.2, 0.25) is 5.02 Å². The number of benzene rings is 5. The fourth-order valence-corrected chi connectivity index (χ4v) is 12.4. The quantitative estimate of drug-likeness (QED) is 0.00809. The summed E-state index contributed by atoms with van der Waals surface area (Å²) in [6.45, 7) is 6.61. The van der Waals surface area contributed by atoms with Crippen LogP contribution >= 0.6 is 22.9 Å². The Morgan fingerprint density at radius 3 is 2.09 bits per heavy atom. The normalized spacial score (nSPS) is 18.3. The number of likely N-dealkylation sites (N-methyl/N-ethyl adjacent to an activating group) is 1. The van der Waals surface area contributed by atoms with Gasteiger partial charge in [0.25, 0.3) is 23.6 Å². The third-order valence-electron chi connectivity index (χ3n) is 15.8. The first-order chi connectivity index (χ1) is 44.9. The van der Waals surface area contributed by atoms with Crippen molar-refractivity contribution in [1.82, 2.24) is 30.4 Å². The van der Waals surface area contributed by atoms with E-state index in [1.165, 1.54) is 11.4 Å². The van der Waals surface area contributed by atoms with Crippen LogP contribution in [-0.2, 0) is 52.2 Å². The number of carbonyl (C=O) groups excluding carboxylic acids is 6. The number of quaternary nitrogens is 1. The van der Waals surface area contributed by atoms with Gasteiger partial charge in [-0.1, -0.05) is 107 Å². The Bertz CT molecular complexity index is 4010. The van der Waals surface area contributed by atoms with E-state index >= 15 is 0 Å². The minimum absolute atomic E-state index is 0.0450. The smallest absolute Gasteiger partial charge is 0.413 e. The van der Waals surface area contributed by atoms with Crippen molar-refractivity contribution in [2.24, 2.45) is 5.16 Å². The zero-order valence-corrected chi connectivity index (χ0v) is 54.4. The lowest BCUT2D eigenvalue weighted by Crippen LogP contribution is -2.74. The van der Waals surface area contributed by atoms with E-state index in [9.17, 15) is 41.7 Å². The van der Waals surface area contributed by atoms with E-state index in [2.05, 4.69) is 36.6 Å². The lowest BCUT2D eigenvalue weighted by Gasteiger charge is -2.44. The molecule has 4 atom stereocenters. The minimum atomic E-state index is -5.26. The van der Waals surface area contributed by atoms with Crippen LogP contribution < -0.4 is 40.2 Å². The van der Waals surface area contributed by atoms with Gasteiger partial charge in [0.05, 0.1) is 75.7 Å². The molecule has 29 heteroatoms. The van der Waals surface area contributed by atoms with E-state index in [4.69, 9.17) is 49.4 Å². The van der Waals surface area contributed by atoms with Crippen LogP contribution in [0.5, 0.6) is 23.0 Å². The minimum Gasteiger partial charge on any atom is -0.497 e. The number of rotatable bonds is 27. The summed E-state index contributed by atoms with van der Waals surface area (Å²) in [5.74, 6) is -3.07. The van der Waals surface area contributed by atoms with Gasteiger partial charge >= 0.3 is 22.4 Å². The topological polar surface area (TPSA) is 324 Å². The number of nitrogens with zero attached hydrogens (tertiary/aromatic N) is 5. The number of ether oxygens (including phenoxy) is 6. The second-order valence-electron chi connectivity index (χ2n) is 23.8. The first-order valence-electron chi connectivity index (χ1n) is 29.8. The van der Waals surface area contributed by atoms with Gasteiger partial charge in [-0.25, -0.2) is 18.9 Å². The highest BCUT2D eigenvalue weighted by atomic mass is 35.5. The molecule has 3 aliphatic rings. The van der Waals surface area contributed by atoms with Crippen LogP contribution in [-0.4, -0.2) is 151 Å². The van der Waals surface area contributed by atoms with E-state index in [0.29, 0.717) is 64.6 Å². The van der Waals surface area contributed by atoms with Gasteiger partial charge in [-0.15, -0.1) is 11.3 Å². The summed E-state index contributed by atoms with van der Waals surface area (Å²) in [7, 11) is -0.0765. The molecule has 26 nitrogen and oxygen atoms in total. The molecule has 3 fully saturated rings. The maximum absolute atomic E-state index is 14.4. The molecule has 1 unspecified atom stereocenters. The van der Waals surface area contributed by atoms with Gasteiger partial charge in [0.15, 0.2) is 28.4 Å². The summed E-state index contributed by atoms with van der Waals surface area (Å²) < 4.78 is 75.9. The number of oxime groups is 1. The molecular formula is C65H69ClN9O17S2+. The summed E-state index contributed by atoms with van der Waals surface area (Å²) in [5, 5.41) is 20.0. The number of carbonyl (C=O) groups is 6. The number of β-lactam (4-membered cyclic amide) rings is 1. The summed E-state index contributed by atoms with van der Waals surface area (Å²) in [6.07, 6.45) is -0.813. The molecule has 0 radical (unpaired) electrons. The highest BCUT2D eigenvalue weighted by Crippen LogP contribution is 2.44. The van der Waals surface area contributed by atoms with Crippen molar-refractivity contribution < 1.29 is 84.0 Å². The van der Waals surface area contributed by atoms with Gasteiger partial charge in [0, 0.05) is 37.3 Å². The number of esters is 1. The molecule has 5 aromatic carbocycles. The second-order valence-corrected chi connectivity index (χ2v) is 26.3. The summed E-state index contributed by atoms with van der Waals surface area (Å²) >= 11 is 7.83. The number of halogens is 1. The Kier molecular flexibility index (Phi) is 20.6. The van der Waals surface area contributed by atoms with Crippen molar-refractivity contribution >= 4 is 79.8 Å². The van der Waals surface area contributed by atoms with Crippen LogP contribution in [0.15, 0.2) is 142 Å². The first-order valence-corrected chi connectivity index (χ1v) is 32.4. The standard InChI is InChI=1S/C65H68ClN9O17S2/c1-64(2,3)90-63(81)71-62-69-48(38-93-62)53(73-92-65(28-29-65)61(80)89-55(41-13-9-7-10-14-41)42-15-11-8-12-16-42)59(78)70-54-49(74(60(54)79)94(82,83)84)34-68-58(77)51-33-47(72-91-51)43-27-31-75(4,35-43)32-30-67-57(76)46-25-26-50(87-36-39-17-21-44(85-5)22-18-39)56(52(46)66)88-37-40-19-23-45(86-6)24-20-40/h7-26,33,38,43,49,54-55H,27-32,34-37H2,1-6H3,(H4-,67,68,69,70,71,76,77,78,81,82,83,84)/p+1/b73-53-/t43-,49-,54+,75?/m1/s1. The summed E-state index contributed by atoms with van der Waals surface area (Å²) in [6, 6.07) is 34.1. The maximum atomic E-state index is 14.4. The molecule has 94 heavy (non-hydrogen) atoms. The van der Waals surface area contributed by atoms with Crippen molar-refractivity contribution in [3.63, 3.8) is 0 Å². The molecule has 7 aromatic rings. The zero-order valence-electron chi connectivity index (χ0n) is 52.0. The van der Waals surface area contributed by atoms with E-state index in [-0.39, 0.29) is 75.7 Å². The molecule has 2 saturated heterocycles. The first kappa shape index (κ1) is 67.3. The van der Waals surface area contributed by atoms with E-state index in [0.717, 1.165) is 22.5 Å². The summed E-state index contributed by atoms with van der Waals surface area (Å²) in [4.78, 5) is 92.4. The Hall–Kier alpha value is -9.61. The number of aromatic nitrogens is 2. The van der Waals surface area contributed by atoms with Crippen molar-refractivity contribution in [2.75, 3.05) is 59.3 Å². The van der Waals surface area contributed by atoms with Crippen molar-refractivity contribution in [1.29, 1.82) is 0 Å². The monoisotopic (exact) mass is 1350 g/mol. The average molecular weight is 1350 g/mol. The molecule has 2 aromatic heterocycles. The number of amides is 5. The van der Waals surface area contributed by atoms with Crippen LogP contribution in [0.4, 0.5) is 9.93 Å². The molecule has 1 saturated carbocycles. The number of nitrogens with one attached hydrogen (secondary N) is 4. The summed E-state index contributed by atoms with van der Waals surface area (Å²) in [5.41, 5.74) is 0.296. The average Bonchev–Trinajstić information content (AvgIpc) is 0.958. The fraction of sp³-hybridized carbons (Fsp3) is 0.338. The molecule has 2 aliphatic heterocycles. The lowest BCUT2D eigenvalue weighted by molar-refractivity contribution is -0.897. The number of likely N-dealkylation sites (tertiary alicyclic amines) is 1. The zero-order chi connectivity index (χ0) is 67.0. The van der Waals surface area contributed by atoms with Crippen molar-refractivity contribution in [3.8, 4) is 23.0 Å². The molecule has 0 spiro atoms. The number of hydrogen-bond donors (Lipinski definition) is 5. The van der Waals surface area contributed by atoms with Gasteiger partial charge < -0.3 is 58.2 Å². The number of thiazole rings is 1. The lowest BCUT2D eigenvalue weighted by atomic mass is 9.98. The molecule has 5 amide bonds.